The molecule has 4 heteroatoms. The van der Waals surface area contributed by atoms with Gasteiger partial charge in [-0.3, -0.25) is 9.69 Å². The predicted molar refractivity (Wildman–Crippen MR) is 79.6 cm³/mol. The normalized spacial score (nSPS) is 19.1. The maximum atomic E-state index is 12.5. The molecule has 2 aliphatic heterocycles. The topological polar surface area (TPSA) is 35.6 Å². The van der Waals surface area contributed by atoms with E-state index in [9.17, 15) is 4.79 Å². The number of carbonyl (C=O) groups excluding carboxylic acids is 1. The van der Waals surface area contributed by atoms with Gasteiger partial charge in [0.1, 0.15) is 0 Å². The number of hydrogen-bond acceptors (Lipinski definition) is 3. The number of piperazine rings is 1. The highest BCUT2D eigenvalue weighted by atomic mass is 16.2. The fourth-order valence-corrected chi connectivity index (χ4v) is 3.12. The van der Waals surface area contributed by atoms with Crippen LogP contribution in [0.5, 0.6) is 0 Å². The summed E-state index contributed by atoms with van der Waals surface area (Å²) < 4.78 is 0. The van der Waals surface area contributed by atoms with Crippen LogP contribution in [0.2, 0.25) is 0 Å². The second kappa shape index (κ2) is 5.94. The van der Waals surface area contributed by atoms with E-state index in [-0.39, 0.29) is 5.91 Å². The van der Waals surface area contributed by atoms with Crippen molar-refractivity contribution >= 4 is 5.91 Å². The van der Waals surface area contributed by atoms with Crippen molar-refractivity contribution in [3.63, 3.8) is 0 Å². The molecule has 0 aliphatic carbocycles. The molecule has 0 aromatic heterocycles. The molecule has 1 aromatic carbocycles. The molecule has 3 rings (SSSR count). The first-order valence-electron chi connectivity index (χ1n) is 7.62. The Bertz CT molecular complexity index is 494. The molecule has 1 N–H and O–H groups in total. The van der Waals surface area contributed by atoms with E-state index in [1.54, 1.807) is 0 Å². The highest BCUT2D eigenvalue weighted by molar-refractivity contribution is 5.94. The van der Waals surface area contributed by atoms with Crippen molar-refractivity contribution in [1.29, 1.82) is 0 Å². The van der Waals surface area contributed by atoms with E-state index >= 15 is 0 Å². The predicted octanol–water partition coefficient (Wildman–Crippen LogP) is 1.46. The average Bonchev–Trinajstić information content (AvgIpc) is 2.89. The van der Waals surface area contributed by atoms with Crippen LogP contribution in [0.3, 0.4) is 0 Å². The van der Waals surface area contributed by atoms with Gasteiger partial charge in [0, 0.05) is 44.8 Å². The summed E-state index contributed by atoms with van der Waals surface area (Å²) in [6.07, 6.45) is 1.18. The number of benzene rings is 1. The van der Waals surface area contributed by atoms with Gasteiger partial charge in [0.2, 0.25) is 0 Å². The summed E-state index contributed by atoms with van der Waals surface area (Å²) in [4.78, 5) is 16.9. The Kier molecular flexibility index (Phi) is 4.03. The summed E-state index contributed by atoms with van der Waals surface area (Å²) >= 11 is 0. The van der Waals surface area contributed by atoms with Crippen LogP contribution in [0.15, 0.2) is 18.2 Å². The molecule has 0 radical (unpaired) electrons. The Balaban J connectivity index is 1.73. The van der Waals surface area contributed by atoms with Gasteiger partial charge >= 0.3 is 0 Å². The summed E-state index contributed by atoms with van der Waals surface area (Å²) in [5.74, 6) is 0.184. The number of nitrogens with one attached hydrogen (secondary N) is 1. The van der Waals surface area contributed by atoms with E-state index in [4.69, 9.17) is 0 Å². The Hall–Kier alpha value is -1.39. The monoisotopic (exact) mass is 273 g/mol. The third-order valence-corrected chi connectivity index (χ3v) is 4.19. The van der Waals surface area contributed by atoms with E-state index in [1.807, 2.05) is 11.0 Å². The van der Waals surface area contributed by atoms with Crippen LogP contribution in [0, 0.1) is 0 Å². The quantitative estimate of drug-likeness (QED) is 0.905. The van der Waals surface area contributed by atoms with Crippen LogP contribution in [-0.2, 0) is 13.1 Å². The summed E-state index contributed by atoms with van der Waals surface area (Å²) in [7, 11) is 0. The molecule has 0 bridgehead atoms. The molecule has 0 saturated carbocycles. The van der Waals surface area contributed by atoms with Crippen LogP contribution < -0.4 is 5.32 Å². The molecule has 20 heavy (non-hydrogen) atoms. The van der Waals surface area contributed by atoms with Gasteiger partial charge in [-0.2, -0.15) is 0 Å². The lowest BCUT2D eigenvalue weighted by atomic mass is 10.1. The van der Waals surface area contributed by atoms with Crippen molar-refractivity contribution in [1.82, 2.24) is 15.1 Å². The maximum Gasteiger partial charge on any atom is 0.253 e. The molecule has 0 atom stereocenters. The zero-order valence-corrected chi connectivity index (χ0v) is 12.2. The molecule has 108 valence electrons. The lowest BCUT2D eigenvalue weighted by molar-refractivity contribution is 0.0735. The van der Waals surface area contributed by atoms with E-state index < -0.39 is 0 Å². The summed E-state index contributed by atoms with van der Waals surface area (Å²) in [5.41, 5.74) is 3.57. The van der Waals surface area contributed by atoms with Crippen LogP contribution >= 0.6 is 0 Å². The Morgan fingerprint density at radius 1 is 1.20 bits per heavy atom. The molecule has 2 aliphatic rings. The maximum absolute atomic E-state index is 12.5. The zero-order valence-electron chi connectivity index (χ0n) is 12.2. The third-order valence-electron chi connectivity index (χ3n) is 4.19. The van der Waals surface area contributed by atoms with Gasteiger partial charge in [-0.15, -0.1) is 0 Å². The summed E-state index contributed by atoms with van der Waals surface area (Å²) in [6, 6.07) is 6.24. The number of amides is 1. The van der Waals surface area contributed by atoms with Gasteiger partial charge in [-0.05, 0) is 36.2 Å². The minimum absolute atomic E-state index is 0.184. The standard InChI is InChI=1S/C16H23N3O/c1-2-7-18-11-14-4-3-13(10-15(14)12-18)16(20)19-8-5-17-6-9-19/h3-4,10,17H,2,5-9,11-12H2,1H3. The van der Waals surface area contributed by atoms with Crippen molar-refractivity contribution in [2.75, 3.05) is 32.7 Å². The molecule has 0 spiro atoms. The molecule has 0 unspecified atom stereocenters. The smallest absolute Gasteiger partial charge is 0.253 e. The first-order chi connectivity index (χ1) is 9.78. The Labute approximate surface area is 120 Å². The molecule has 1 saturated heterocycles. The van der Waals surface area contributed by atoms with Gasteiger partial charge in [0.05, 0.1) is 0 Å². The first-order valence-corrected chi connectivity index (χ1v) is 7.62. The largest absolute Gasteiger partial charge is 0.336 e. The molecule has 1 amide bonds. The van der Waals surface area contributed by atoms with E-state index in [0.29, 0.717) is 0 Å². The van der Waals surface area contributed by atoms with E-state index in [1.165, 1.54) is 17.5 Å². The van der Waals surface area contributed by atoms with Crippen LogP contribution in [0.4, 0.5) is 0 Å². The summed E-state index contributed by atoms with van der Waals surface area (Å²) in [6.45, 7) is 8.81. The lowest BCUT2D eigenvalue weighted by Crippen LogP contribution is -2.46. The van der Waals surface area contributed by atoms with Crippen LogP contribution in [0.1, 0.15) is 34.8 Å². The number of nitrogens with zero attached hydrogens (tertiary/aromatic N) is 2. The van der Waals surface area contributed by atoms with Crippen molar-refractivity contribution < 1.29 is 4.79 Å². The minimum Gasteiger partial charge on any atom is -0.336 e. The molecule has 1 fully saturated rings. The second-order valence-corrected chi connectivity index (χ2v) is 5.74. The van der Waals surface area contributed by atoms with E-state index in [0.717, 1.165) is 51.4 Å². The van der Waals surface area contributed by atoms with Crippen LogP contribution in [-0.4, -0.2) is 48.4 Å². The van der Waals surface area contributed by atoms with Crippen molar-refractivity contribution in [3.8, 4) is 0 Å². The minimum atomic E-state index is 0.184. The van der Waals surface area contributed by atoms with Crippen molar-refractivity contribution in [3.05, 3.63) is 34.9 Å². The number of hydrogen-bond donors (Lipinski definition) is 1. The second-order valence-electron chi connectivity index (χ2n) is 5.74. The van der Waals surface area contributed by atoms with Gasteiger partial charge in [-0.1, -0.05) is 13.0 Å². The first kappa shape index (κ1) is 13.6. The summed E-state index contributed by atoms with van der Waals surface area (Å²) in [5, 5.41) is 3.28. The Morgan fingerprint density at radius 3 is 2.70 bits per heavy atom. The Morgan fingerprint density at radius 2 is 1.95 bits per heavy atom. The molecular weight excluding hydrogens is 250 g/mol. The fourth-order valence-electron chi connectivity index (χ4n) is 3.12. The highest BCUT2D eigenvalue weighted by Gasteiger charge is 2.22. The lowest BCUT2D eigenvalue weighted by Gasteiger charge is -2.27. The molecule has 2 heterocycles. The number of rotatable bonds is 3. The van der Waals surface area contributed by atoms with Gasteiger partial charge in [0.25, 0.3) is 5.91 Å². The van der Waals surface area contributed by atoms with Crippen molar-refractivity contribution in [2.24, 2.45) is 0 Å². The molecule has 1 aromatic rings. The fraction of sp³-hybridized carbons (Fsp3) is 0.562. The SMILES string of the molecule is CCCN1Cc2ccc(C(=O)N3CCNCC3)cc2C1. The molecule has 4 nitrogen and oxygen atoms in total. The highest BCUT2D eigenvalue weighted by Crippen LogP contribution is 2.24. The average molecular weight is 273 g/mol. The van der Waals surface area contributed by atoms with Crippen molar-refractivity contribution in [2.45, 2.75) is 26.4 Å². The van der Waals surface area contributed by atoms with Crippen LogP contribution in [0.25, 0.3) is 0 Å². The number of fused-ring (bicyclic) bond motifs is 1. The van der Waals surface area contributed by atoms with E-state index in [2.05, 4.69) is 29.3 Å². The van der Waals surface area contributed by atoms with Gasteiger partial charge < -0.3 is 10.2 Å². The zero-order chi connectivity index (χ0) is 13.9. The number of carbonyl (C=O) groups is 1. The van der Waals surface area contributed by atoms with Gasteiger partial charge in [-0.25, -0.2) is 0 Å². The molecular formula is C16H23N3O. The van der Waals surface area contributed by atoms with Gasteiger partial charge in [0.15, 0.2) is 0 Å². The third kappa shape index (κ3) is 2.72.